The van der Waals surface area contributed by atoms with Crippen LogP contribution in [0.25, 0.3) is 99.5 Å². The van der Waals surface area contributed by atoms with E-state index in [1.54, 1.807) is 0 Å². The van der Waals surface area contributed by atoms with Crippen LogP contribution in [0.15, 0.2) is 297 Å². The highest BCUT2D eigenvalue weighted by atomic mass is 15.2. The first-order valence-electron chi connectivity index (χ1n) is 32.3. The minimum absolute atomic E-state index is 0.170. The highest BCUT2D eigenvalue weighted by molar-refractivity contribution is 7.00. The largest absolute Gasteiger partial charge is 0.311 e. The molecule has 0 amide bonds. The maximum absolute atomic E-state index is 2.71. The van der Waals surface area contributed by atoms with Gasteiger partial charge in [0.1, 0.15) is 0 Å². The molecule has 0 bridgehead atoms. The summed E-state index contributed by atoms with van der Waals surface area (Å²) in [7, 11) is 0. The Morgan fingerprint density at radius 1 is 0.330 bits per heavy atom. The molecular formula is C86H67BN4. The van der Waals surface area contributed by atoms with E-state index < -0.39 is 0 Å². The van der Waals surface area contributed by atoms with Gasteiger partial charge in [0, 0.05) is 72.5 Å². The van der Waals surface area contributed by atoms with Crippen molar-refractivity contribution in [2.24, 2.45) is 0 Å². The van der Waals surface area contributed by atoms with Gasteiger partial charge >= 0.3 is 0 Å². The van der Waals surface area contributed by atoms with Gasteiger partial charge in [0.15, 0.2) is 0 Å². The third kappa shape index (κ3) is 8.89. The fourth-order valence-electron chi connectivity index (χ4n) is 15.1. The second-order valence-electron chi connectivity index (χ2n) is 25.8. The van der Waals surface area contributed by atoms with Crippen LogP contribution in [-0.2, 0) is 11.8 Å². The monoisotopic (exact) mass is 1170 g/mol. The Balaban J connectivity index is 1.04. The van der Waals surface area contributed by atoms with E-state index in [1.807, 2.05) is 0 Å². The van der Waals surface area contributed by atoms with E-state index in [9.17, 15) is 0 Å². The first-order chi connectivity index (χ1) is 44.8. The van der Waals surface area contributed by atoms with Gasteiger partial charge in [-0.25, -0.2) is 0 Å². The molecule has 2 aromatic heterocycles. The standard InChI is InChI=1S/C86H67BN4/c1-5-6-27-61-44-45-62(57-28-11-7-12-29-57)52-79(61)90-80-55-65(88-75-40-23-19-36-67(75)68-37-20-24-41-76(68)88)46-48-73(80)87-74-49-47-66(89-77-42-25-21-38-69(77)70-39-22-26-43-78(70)89)56-81(74)91(83-54-64(86(2,3)4)53-82(90)84(83)87)85-71(59-32-15-9-16-33-59)50-63(58-30-13-8-14-31-58)51-72(85)60-34-17-10-18-35-60/h7-26,28-56H,5-6,27H2,1-4H3. The highest BCUT2D eigenvalue weighted by Crippen LogP contribution is 2.53. The van der Waals surface area contributed by atoms with Crippen LogP contribution in [0.1, 0.15) is 51.7 Å². The van der Waals surface area contributed by atoms with E-state index in [0.717, 1.165) is 64.3 Å². The summed E-state index contributed by atoms with van der Waals surface area (Å²) in [6.45, 7) is 9.33. The van der Waals surface area contributed by atoms with Gasteiger partial charge in [0.25, 0.3) is 6.71 Å². The third-order valence-corrected chi connectivity index (χ3v) is 19.4. The average molecular weight is 1170 g/mol. The van der Waals surface area contributed by atoms with E-state index in [4.69, 9.17) is 0 Å². The van der Waals surface area contributed by atoms with E-state index in [1.165, 1.54) is 116 Å². The number of fused-ring (bicyclic) bond motifs is 10. The summed E-state index contributed by atoms with van der Waals surface area (Å²) >= 11 is 0. The molecular weight excluding hydrogens is 1100 g/mol. The number of unbranched alkanes of at least 4 members (excludes halogenated alkanes) is 1. The summed E-state index contributed by atoms with van der Waals surface area (Å²) in [4.78, 5) is 5.42. The number of nitrogens with zero attached hydrogens (tertiary/aromatic N) is 4. The number of aromatic nitrogens is 2. The van der Waals surface area contributed by atoms with Gasteiger partial charge in [0.2, 0.25) is 0 Å². The zero-order valence-electron chi connectivity index (χ0n) is 51.8. The van der Waals surface area contributed by atoms with Crippen molar-refractivity contribution in [3.63, 3.8) is 0 Å². The summed E-state index contributed by atoms with van der Waals surface area (Å²) in [6.07, 6.45) is 3.10. The van der Waals surface area contributed by atoms with Gasteiger partial charge in [-0.2, -0.15) is 0 Å². The van der Waals surface area contributed by atoms with Gasteiger partial charge in [-0.1, -0.05) is 253 Å². The number of hydrogen-bond donors (Lipinski definition) is 0. The second-order valence-corrected chi connectivity index (χ2v) is 25.8. The molecule has 0 atom stereocenters. The molecule has 0 unspecified atom stereocenters. The lowest BCUT2D eigenvalue weighted by Gasteiger charge is -2.46. The van der Waals surface area contributed by atoms with Gasteiger partial charge in [0.05, 0.1) is 27.8 Å². The summed E-state index contributed by atoms with van der Waals surface area (Å²) < 4.78 is 4.99. The maximum atomic E-state index is 2.71. The van der Waals surface area contributed by atoms with Crippen molar-refractivity contribution in [3.05, 3.63) is 308 Å². The predicted molar refractivity (Wildman–Crippen MR) is 388 cm³/mol. The summed E-state index contributed by atoms with van der Waals surface area (Å²) in [6, 6.07) is 112. The highest BCUT2D eigenvalue weighted by Gasteiger charge is 2.46. The Kier molecular flexibility index (Phi) is 13.0. The van der Waals surface area contributed by atoms with E-state index in [2.05, 4.69) is 344 Å². The van der Waals surface area contributed by atoms with Gasteiger partial charge in [-0.3, -0.25) is 0 Å². The molecule has 17 rings (SSSR count). The quantitative estimate of drug-likeness (QED) is 0.120. The van der Waals surface area contributed by atoms with E-state index in [0.29, 0.717) is 0 Å². The van der Waals surface area contributed by atoms with E-state index in [-0.39, 0.29) is 12.1 Å². The molecule has 0 aliphatic carbocycles. The zero-order chi connectivity index (χ0) is 60.9. The van der Waals surface area contributed by atoms with Crippen molar-refractivity contribution in [2.45, 2.75) is 52.4 Å². The Hall–Kier alpha value is -10.9. The average Bonchev–Trinajstić information content (AvgIpc) is 1.12. The number of hydrogen-bond acceptors (Lipinski definition) is 2. The molecule has 5 heteroatoms. The number of rotatable bonds is 11. The molecule has 4 heterocycles. The molecule has 0 fully saturated rings. The van der Waals surface area contributed by atoms with Crippen molar-refractivity contribution in [1.29, 1.82) is 0 Å². The lowest BCUT2D eigenvalue weighted by Crippen LogP contribution is -2.61. The molecule has 2 aliphatic rings. The number of benzene rings is 13. The third-order valence-electron chi connectivity index (χ3n) is 19.4. The van der Waals surface area contributed by atoms with Crippen molar-refractivity contribution >= 4 is 101 Å². The number of aryl methyl sites for hydroxylation is 1. The minimum Gasteiger partial charge on any atom is -0.311 e. The minimum atomic E-state index is -0.271. The molecule has 434 valence electrons. The number of anilines is 6. The smallest absolute Gasteiger partial charge is 0.252 e. The Bertz CT molecular complexity index is 5160. The molecule has 91 heavy (non-hydrogen) atoms. The Labute approximate surface area is 533 Å². The Morgan fingerprint density at radius 3 is 1.19 bits per heavy atom. The van der Waals surface area contributed by atoms with Crippen molar-refractivity contribution in [1.82, 2.24) is 9.13 Å². The Morgan fingerprint density at radius 2 is 0.736 bits per heavy atom. The first kappa shape index (κ1) is 54.3. The van der Waals surface area contributed by atoms with Crippen LogP contribution in [0.5, 0.6) is 0 Å². The maximum Gasteiger partial charge on any atom is 0.252 e. The summed E-state index contributed by atoms with van der Waals surface area (Å²) in [5.74, 6) is 0. The number of para-hydroxylation sites is 4. The summed E-state index contributed by atoms with van der Waals surface area (Å²) in [5, 5.41) is 4.97. The van der Waals surface area contributed by atoms with Gasteiger partial charge in [-0.05, 0) is 158 Å². The summed E-state index contributed by atoms with van der Waals surface area (Å²) in [5.41, 5.74) is 29.5. The molecule has 13 aromatic carbocycles. The van der Waals surface area contributed by atoms with Crippen molar-refractivity contribution in [3.8, 4) is 55.9 Å². The van der Waals surface area contributed by atoms with E-state index >= 15 is 0 Å². The molecule has 0 spiro atoms. The zero-order valence-corrected chi connectivity index (χ0v) is 51.8. The van der Waals surface area contributed by atoms with Crippen LogP contribution >= 0.6 is 0 Å². The molecule has 0 saturated heterocycles. The van der Waals surface area contributed by atoms with Crippen molar-refractivity contribution < 1.29 is 0 Å². The second kappa shape index (κ2) is 21.7. The molecule has 0 radical (unpaired) electrons. The molecule has 2 aliphatic heterocycles. The normalized spacial score (nSPS) is 12.7. The van der Waals surface area contributed by atoms with Crippen LogP contribution in [-0.4, -0.2) is 15.8 Å². The van der Waals surface area contributed by atoms with Crippen LogP contribution in [0, 0.1) is 0 Å². The van der Waals surface area contributed by atoms with Crippen molar-refractivity contribution in [2.75, 3.05) is 9.80 Å². The molecule has 0 N–H and O–H groups in total. The van der Waals surface area contributed by atoms with Crippen LogP contribution in [0.3, 0.4) is 0 Å². The topological polar surface area (TPSA) is 16.3 Å². The van der Waals surface area contributed by atoms with Crippen LogP contribution in [0.2, 0.25) is 0 Å². The van der Waals surface area contributed by atoms with Gasteiger partial charge in [-0.15, -0.1) is 0 Å². The fourth-order valence-corrected chi connectivity index (χ4v) is 15.1. The fraction of sp³-hybridized carbons (Fsp3) is 0.0930. The molecule has 4 nitrogen and oxygen atoms in total. The first-order valence-corrected chi connectivity index (χ1v) is 32.3. The van der Waals surface area contributed by atoms with Crippen LogP contribution < -0.4 is 26.2 Å². The lowest BCUT2D eigenvalue weighted by molar-refractivity contribution is 0.590. The SMILES string of the molecule is CCCCc1ccc(-c2ccccc2)cc1N1c2cc(-n3c4ccccc4c4ccccc43)ccc2B2c3ccc(-n4c5ccccc5c5ccccc54)cc3N(c3c(-c4ccccc4)cc(-c4ccccc4)cc3-c3ccccc3)c3cc(C(C)(C)C)cc1c32. The predicted octanol–water partition coefficient (Wildman–Crippen LogP) is 21.3. The van der Waals surface area contributed by atoms with Crippen LogP contribution in [0.4, 0.5) is 34.1 Å². The lowest BCUT2D eigenvalue weighted by atomic mass is 9.33. The molecule has 0 saturated carbocycles. The molecule has 15 aromatic rings. The van der Waals surface area contributed by atoms with Gasteiger partial charge < -0.3 is 18.9 Å².